The fourth-order valence-corrected chi connectivity index (χ4v) is 3.05. The summed E-state index contributed by atoms with van der Waals surface area (Å²) in [6, 6.07) is 11.5. The van der Waals surface area contributed by atoms with Crippen LogP contribution in [0.4, 0.5) is 0 Å². The molecule has 0 saturated carbocycles. The van der Waals surface area contributed by atoms with Gasteiger partial charge >= 0.3 is 0 Å². The zero-order chi connectivity index (χ0) is 16.9. The number of nitrogens with zero attached hydrogens (tertiary/aromatic N) is 3. The zero-order valence-corrected chi connectivity index (χ0v) is 14.2. The lowest BCUT2D eigenvalue weighted by Crippen LogP contribution is -2.47. The van der Waals surface area contributed by atoms with Crippen LogP contribution in [0.5, 0.6) is 0 Å². The number of ether oxygens (including phenoxy) is 1. The quantitative estimate of drug-likeness (QED) is 0.908. The molecule has 3 rings (SSSR count). The van der Waals surface area contributed by atoms with Gasteiger partial charge in [0.1, 0.15) is 0 Å². The molecule has 6 heteroatoms. The van der Waals surface area contributed by atoms with Gasteiger partial charge in [0.25, 0.3) is 5.91 Å². The van der Waals surface area contributed by atoms with E-state index in [0.717, 1.165) is 25.3 Å². The number of amides is 1. The maximum atomic E-state index is 12.2. The molecule has 2 aromatic rings. The Morgan fingerprint density at radius 2 is 1.92 bits per heavy atom. The molecule has 1 fully saturated rings. The molecule has 0 unspecified atom stereocenters. The van der Waals surface area contributed by atoms with Gasteiger partial charge in [-0.1, -0.05) is 18.2 Å². The zero-order valence-electron chi connectivity index (χ0n) is 14.2. The summed E-state index contributed by atoms with van der Waals surface area (Å²) >= 11 is 0. The molecular formula is C18H24N4O2. The van der Waals surface area contributed by atoms with Gasteiger partial charge in [-0.3, -0.25) is 9.69 Å². The number of hydrogen-bond donors (Lipinski definition) is 1. The van der Waals surface area contributed by atoms with E-state index in [0.29, 0.717) is 12.2 Å². The fraction of sp³-hybridized carbons (Fsp3) is 0.444. The molecule has 1 aliphatic heterocycles. The van der Waals surface area contributed by atoms with Crippen LogP contribution >= 0.6 is 0 Å². The average Bonchev–Trinajstić information content (AvgIpc) is 3.05. The number of benzene rings is 1. The minimum absolute atomic E-state index is 0.140. The molecule has 1 aliphatic rings. The van der Waals surface area contributed by atoms with E-state index in [1.54, 1.807) is 16.9 Å². The second-order valence-corrected chi connectivity index (χ2v) is 6.25. The predicted octanol–water partition coefficient (Wildman–Crippen LogP) is 1.71. The highest BCUT2D eigenvalue weighted by Crippen LogP contribution is 2.10. The van der Waals surface area contributed by atoms with Crippen LogP contribution in [-0.4, -0.2) is 59.0 Å². The van der Waals surface area contributed by atoms with Crippen molar-refractivity contribution < 1.29 is 9.53 Å². The Bertz CT molecular complexity index is 661. The number of rotatable bonds is 5. The van der Waals surface area contributed by atoms with Crippen molar-refractivity contribution in [2.45, 2.75) is 26.1 Å². The number of carbonyl (C=O) groups is 1. The van der Waals surface area contributed by atoms with E-state index < -0.39 is 0 Å². The first-order chi connectivity index (χ1) is 11.6. The summed E-state index contributed by atoms with van der Waals surface area (Å²) in [5.41, 5.74) is 1.37. The molecule has 1 aromatic carbocycles. The van der Waals surface area contributed by atoms with E-state index in [1.165, 1.54) is 0 Å². The summed E-state index contributed by atoms with van der Waals surface area (Å²) in [6.07, 6.45) is 2.28. The normalized spacial score (nSPS) is 21.6. The highest BCUT2D eigenvalue weighted by Gasteiger charge is 2.21. The minimum atomic E-state index is -0.140. The first kappa shape index (κ1) is 16.7. The largest absolute Gasteiger partial charge is 0.373 e. The molecule has 128 valence electrons. The molecule has 2 atom stereocenters. The van der Waals surface area contributed by atoms with Gasteiger partial charge in [-0.2, -0.15) is 5.10 Å². The van der Waals surface area contributed by atoms with E-state index in [9.17, 15) is 4.79 Å². The van der Waals surface area contributed by atoms with Gasteiger partial charge in [-0.25, -0.2) is 4.68 Å². The maximum Gasteiger partial charge on any atom is 0.271 e. The van der Waals surface area contributed by atoms with E-state index >= 15 is 0 Å². The van der Waals surface area contributed by atoms with Crippen molar-refractivity contribution in [3.8, 4) is 5.69 Å². The third-order valence-electron chi connectivity index (χ3n) is 4.05. The number of morpholine rings is 1. The summed E-state index contributed by atoms with van der Waals surface area (Å²) < 4.78 is 7.42. The first-order valence-corrected chi connectivity index (χ1v) is 8.39. The Balaban J connectivity index is 1.50. The first-order valence-electron chi connectivity index (χ1n) is 8.39. The average molecular weight is 328 g/mol. The molecule has 1 N–H and O–H groups in total. The Morgan fingerprint density at radius 3 is 2.62 bits per heavy atom. The number of carbonyl (C=O) groups excluding carboxylic acids is 1. The van der Waals surface area contributed by atoms with Gasteiger partial charge in [0, 0.05) is 32.4 Å². The van der Waals surface area contributed by atoms with Crippen molar-refractivity contribution in [1.29, 1.82) is 0 Å². The van der Waals surface area contributed by atoms with Crippen LogP contribution in [-0.2, 0) is 4.74 Å². The van der Waals surface area contributed by atoms with E-state index in [1.807, 2.05) is 30.3 Å². The van der Waals surface area contributed by atoms with Crippen molar-refractivity contribution in [3.63, 3.8) is 0 Å². The Hall–Kier alpha value is -2.18. The Morgan fingerprint density at radius 1 is 1.21 bits per heavy atom. The maximum absolute atomic E-state index is 12.2. The summed E-state index contributed by atoms with van der Waals surface area (Å²) in [5.74, 6) is -0.140. The lowest BCUT2D eigenvalue weighted by atomic mass is 10.2. The van der Waals surface area contributed by atoms with E-state index in [-0.39, 0.29) is 18.1 Å². The highest BCUT2D eigenvalue weighted by molar-refractivity contribution is 5.92. The molecule has 0 spiro atoms. The molecule has 1 amide bonds. The lowest BCUT2D eigenvalue weighted by molar-refractivity contribution is -0.0672. The molecule has 1 saturated heterocycles. The van der Waals surface area contributed by atoms with Gasteiger partial charge in [0.2, 0.25) is 0 Å². The predicted molar refractivity (Wildman–Crippen MR) is 92.3 cm³/mol. The second kappa shape index (κ2) is 7.59. The number of hydrogen-bond acceptors (Lipinski definition) is 4. The molecule has 1 aromatic heterocycles. The summed E-state index contributed by atoms with van der Waals surface area (Å²) in [6.45, 7) is 7.40. The fourth-order valence-electron chi connectivity index (χ4n) is 3.05. The van der Waals surface area contributed by atoms with Crippen LogP contribution in [0.25, 0.3) is 5.69 Å². The SMILES string of the molecule is C[C@@H]1CN(CCNC(=O)c2ccn(-c3ccccc3)n2)C[C@@H](C)O1. The number of aromatic nitrogens is 2. The monoisotopic (exact) mass is 328 g/mol. The summed E-state index contributed by atoms with van der Waals surface area (Å²) in [5, 5.41) is 7.28. The van der Waals surface area contributed by atoms with Gasteiger partial charge in [0.15, 0.2) is 5.69 Å². The number of para-hydroxylation sites is 1. The molecule has 0 aliphatic carbocycles. The summed E-state index contributed by atoms with van der Waals surface area (Å²) in [7, 11) is 0. The van der Waals surface area contributed by atoms with Gasteiger partial charge < -0.3 is 10.1 Å². The van der Waals surface area contributed by atoms with Crippen LogP contribution < -0.4 is 5.32 Å². The van der Waals surface area contributed by atoms with Crippen molar-refractivity contribution in [1.82, 2.24) is 20.0 Å². The third kappa shape index (κ3) is 4.21. The topological polar surface area (TPSA) is 59.4 Å². The van der Waals surface area contributed by atoms with Crippen LogP contribution in [0, 0.1) is 0 Å². The highest BCUT2D eigenvalue weighted by atomic mass is 16.5. The van der Waals surface area contributed by atoms with Crippen molar-refractivity contribution in [2.75, 3.05) is 26.2 Å². The van der Waals surface area contributed by atoms with Gasteiger partial charge in [-0.05, 0) is 32.0 Å². The standard InChI is InChI=1S/C18H24N4O2/c1-14-12-21(13-15(2)24-14)11-9-19-18(23)17-8-10-22(20-17)16-6-4-3-5-7-16/h3-8,10,14-15H,9,11-13H2,1-2H3,(H,19,23)/t14-,15-/m1/s1. The van der Waals surface area contributed by atoms with E-state index in [4.69, 9.17) is 4.74 Å². The van der Waals surface area contributed by atoms with Crippen LogP contribution in [0.15, 0.2) is 42.6 Å². The second-order valence-electron chi connectivity index (χ2n) is 6.25. The van der Waals surface area contributed by atoms with Gasteiger partial charge in [0.05, 0.1) is 17.9 Å². The van der Waals surface area contributed by atoms with Crippen LogP contribution in [0.3, 0.4) is 0 Å². The van der Waals surface area contributed by atoms with Gasteiger partial charge in [-0.15, -0.1) is 0 Å². The van der Waals surface area contributed by atoms with E-state index in [2.05, 4.69) is 29.2 Å². The smallest absolute Gasteiger partial charge is 0.271 e. The Kier molecular flexibility index (Phi) is 5.27. The van der Waals surface area contributed by atoms with Crippen molar-refractivity contribution >= 4 is 5.91 Å². The van der Waals surface area contributed by atoms with Crippen LogP contribution in [0.1, 0.15) is 24.3 Å². The third-order valence-corrected chi connectivity index (χ3v) is 4.05. The minimum Gasteiger partial charge on any atom is -0.373 e. The van der Waals surface area contributed by atoms with Crippen LogP contribution in [0.2, 0.25) is 0 Å². The molecule has 0 radical (unpaired) electrons. The molecule has 6 nitrogen and oxygen atoms in total. The molecule has 0 bridgehead atoms. The lowest BCUT2D eigenvalue weighted by Gasteiger charge is -2.35. The number of nitrogens with one attached hydrogen (secondary N) is 1. The molecule has 2 heterocycles. The van der Waals surface area contributed by atoms with Crippen molar-refractivity contribution in [2.24, 2.45) is 0 Å². The van der Waals surface area contributed by atoms with Crippen molar-refractivity contribution in [3.05, 3.63) is 48.3 Å². The Labute approximate surface area is 142 Å². The summed E-state index contributed by atoms with van der Waals surface area (Å²) in [4.78, 5) is 14.6. The molecule has 24 heavy (non-hydrogen) atoms. The molecular weight excluding hydrogens is 304 g/mol.